The lowest BCUT2D eigenvalue weighted by atomic mass is 10.1. The van der Waals surface area contributed by atoms with Crippen LogP contribution in [0.2, 0.25) is 0 Å². The van der Waals surface area contributed by atoms with Crippen molar-refractivity contribution in [2.75, 3.05) is 13.6 Å². The number of hydrogen-bond acceptors (Lipinski definition) is 2. The standard InChI is InChI=1S/C11H13F3N2O/c1-16(10(17)6-15)7-8-3-2-4-9(5-8)11(12,13)14/h2-5H,6-7,15H2,1H3. The number of carbonyl (C=O) groups is 1. The lowest BCUT2D eigenvalue weighted by Gasteiger charge is -2.17. The van der Waals surface area contributed by atoms with Crippen LogP contribution in [0.15, 0.2) is 24.3 Å². The van der Waals surface area contributed by atoms with Crippen molar-refractivity contribution in [2.24, 2.45) is 5.73 Å². The Morgan fingerprint density at radius 1 is 1.41 bits per heavy atom. The second-order valence-electron chi connectivity index (χ2n) is 3.65. The average Bonchev–Trinajstić information content (AvgIpc) is 2.27. The zero-order valence-corrected chi connectivity index (χ0v) is 9.29. The van der Waals surface area contributed by atoms with Gasteiger partial charge in [-0.2, -0.15) is 13.2 Å². The van der Waals surface area contributed by atoms with Gasteiger partial charge in [0.25, 0.3) is 0 Å². The molecule has 0 aliphatic rings. The van der Waals surface area contributed by atoms with Gasteiger partial charge >= 0.3 is 6.18 Å². The third kappa shape index (κ3) is 3.74. The van der Waals surface area contributed by atoms with Crippen LogP contribution in [-0.2, 0) is 17.5 Å². The van der Waals surface area contributed by atoms with Crippen molar-refractivity contribution in [3.8, 4) is 0 Å². The van der Waals surface area contributed by atoms with Gasteiger partial charge in [-0.25, -0.2) is 0 Å². The molecule has 0 fully saturated rings. The van der Waals surface area contributed by atoms with Crippen LogP contribution >= 0.6 is 0 Å². The molecule has 1 aromatic rings. The maximum absolute atomic E-state index is 12.4. The highest BCUT2D eigenvalue weighted by atomic mass is 19.4. The first-order valence-corrected chi connectivity index (χ1v) is 4.94. The Morgan fingerprint density at radius 2 is 2.06 bits per heavy atom. The Bertz CT molecular complexity index is 404. The van der Waals surface area contributed by atoms with Crippen LogP contribution in [-0.4, -0.2) is 24.4 Å². The third-order valence-electron chi connectivity index (χ3n) is 2.27. The van der Waals surface area contributed by atoms with Gasteiger partial charge in [0.15, 0.2) is 0 Å². The van der Waals surface area contributed by atoms with Crippen molar-refractivity contribution in [3.05, 3.63) is 35.4 Å². The Kier molecular flexibility index (Phi) is 4.11. The molecule has 94 valence electrons. The molecule has 3 nitrogen and oxygen atoms in total. The minimum absolute atomic E-state index is 0.111. The lowest BCUT2D eigenvalue weighted by Crippen LogP contribution is -2.32. The summed E-state index contributed by atoms with van der Waals surface area (Å²) >= 11 is 0. The largest absolute Gasteiger partial charge is 0.416 e. The SMILES string of the molecule is CN(Cc1cccc(C(F)(F)F)c1)C(=O)CN. The molecule has 0 heterocycles. The first-order valence-electron chi connectivity index (χ1n) is 4.94. The van der Waals surface area contributed by atoms with Gasteiger partial charge in [0, 0.05) is 13.6 Å². The third-order valence-corrected chi connectivity index (χ3v) is 2.27. The van der Waals surface area contributed by atoms with E-state index in [1.54, 1.807) is 0 Å². The minimum atomic E-state index is -4.37. The van der Waals surface area contributed by atoms with E-state index in [1.807, 2.05) is 0 Å². The molecule has 0 aromatic heterocycles. The summed E-state index contributed by atoms with van der Waals surface area (Å²) in [5, 5.41) is 0. The maximum atomic E-state index is 12.4. The van der Waals surface area contributed by atoms with E-state index in [2.05, 4.69) is 0 Å². The second-order valence-corrected chi connectivity index (χ2v) is 3.65. The van der Waals surface area contributed by atoms with Crippen molar-refractivity contribution < 1.29 is 18.0 Å². The number of alkyl halides is 3. The van der Waals surface area contributed by atoms with Gasteiger partial charge in [-0.15, -0.1) is 0 Å². The zero-order chi connectivity index (χ0) is 13.1. The molecule has 0 saturated heterocycles. The topological polar surface area (TPSA) is 46.3 Å². The summed E-state index contributed by atoms with van der Waals surface area (Å²) in [7, 11) is 1.50. The molecule has 0 bridgehead atoms. The van der Waals surface area contributed by atoms with Gasteiger partial charge in [0.2, 0.25) is 5.91 Å². The highest BCUT2D eigenvalue weighted by Gasteiger charge is 2.30. The van der Waals surface area contributed by atoms with Crippen LogP contribution in [0.5, 0.6) is 0 Å². The average molecular weight is 246 g/mol. The summed E-state index contributed by atoms with van der Waals surface area (Å²) in [6.45, 7) is -0.0462. The quantitative estimate of drug-likeness (QED) is 0.881. The second kappa shape index (κ2) is 5.18. The molecule has 2 N–H and O–H groups in total. The maximum Gasteiger partial charge on any atom is 0.416 e. The number of hydrogen-bond donors (Lipinski definition) is 1. The summed E-state index contributed by atoms with van der Waals surface area (Å²) in [6, 6.07) is 4.88. The predicted octanol–water partition coefficient (Wildman–Crippen LogP) is 1.62. The number of likely N-dealkylation sites (N-methyl/N-ethyl adjacent to an activating group) is 1. The lowest BCUT2D eigenvalue weighted by molar-refractivity contribution is -0.137. The molecule has 0 unspecified atom stereocenters. The van der Waals surface area contributed by atoms with Crippen LogP contribution in [0.25, 0.3) is 0 Å². The van der Waals surface area contributed by atoms with E-state index in [-0.39, 0.29) is 19.0 Å². The summed E-state index contributed by atoms with van der Waals surface area (Å²) in [4.78, 5) is 12.5. The van der Waals surface area contributed by atoms with Gasteiger partial charge in [0.1, 0.15) is 0 Å². The first kappa shape index (κ1) is 13.5. The molecular formula is C11H13F3N2O. The van der Waals surface area contributed by atoms with E-state index < -0.39 is 11.7 Å². The highest BCUT2D eigenvalue weighted by molar-refractivity contribution is 5.77. The highest BCUT2D eigenvalue weighted by Crippen LogP contribution is 2.29. The molecule has 0 aliphatic heterocycles. The number of halogens is 3. The molecule has 17 heavy (non-hydrogen) atoms. The van der Waals surface area contributed by atoms with Gasteiger partial charge < -0.3 is 10.6 Å². The molecule has 0 spiro atoms. The smallest absolute Gasteiger partial charge is 0.340 e. The van der Waals surface area contributed by atoms with E-state index >= 15 is 0 Å². The summed E-state index contributed by atoms with van der Waals surface area (Å²) in [5.74, 6) is -0.317. The number of benzene rings is 1. The number of amides is 1. The van der Waals surface area contributed by atoms with Crippen LogP contribution < -0.4 is 5.73 Å². The van der Waals surface area contributed by atoms with Gasteiger partial charge in [-0.05, 0) is 17.7 Å². The fourth-order valence-electron chi connectivity index (χ4n) is 1.36. The number of nitrogens with two attached hydrogens (primary N) is 1. The van der Waals surface area contributed by atoms with E-state index in [0.717, 1.165) is 12.1 Å². The Morgan fingerprint density at radius 3 is 2.59 bits per heavy atom. The minimum Gasteiger partial charge on any atom is -0.340 e. The summed E-state index contributed by atoms with van der Waals surface area (Å²) in [6.07, 6.45) is -4.37. The van der Waals surface area contributed by atoms with Crippen LogP contribution in [0, 0.1) is 0 Å². The monoisotopic (exact) mass is 246 g/mol. The molecule has 0 radical (unpaired) electrons. The molecule has 6 heteroatoms. The van der Waals surface area contributed by atoms with Crippen molar-refractivity contribution in [2.45, 2.75) is 12.7 Å². The summed E-state index contributed by atoms with van der Waals surface area (Å²) in [5.41, 5.74) is 4.86. The van der Waals surface area contributed by atoms with Crippen LogP contribution in [0.3, 0.4) is 0 Å². The molecule has 0 saturated carbocycles. The van der Waals surface area contributed by atoms with E-state index in [1.165, 1.54) is 24.1 Å². The van der Waals surface area contributed by atoms with Gasteiger partial charge in [0.05, 0.1) is 12.1 Å². The molecule has 1 amide bonds. The van der Waals surface area contributed by atoms with Crippen LogP contribution in [0.4, 0.5) is 13.2 Å². The normalized spacial score (nSPS) is 11.4. The fourth-order valence-corrected chi connectivity index (χ4v) is 1.36. The number of rotatable bonds is 3. The molecule has 0 aliphatic carbocycles. The van der Waals surface area contributed by atoms with E-state index in [0.29, 0.717) is 5.56 Å². The molecule has 1 aromatic carbocycles. The molecular weight excluding hydrogens is 233 g/mol. The van der Waals surface area contributed by atoms with Gasteiger partial charge in [-0.3, -0.25) is 4.79 Å². The Hall–Kier alpha value is -1.56. The van der Waals surface area contributed by atoms with Crippen molar-refractivity contribution in [3.63, 3.8) is 0 Å². The zero-order valence-electron chi connectivity index (χ0n) is 9.29. The predicted molar refractivity (Wildman–Crippen MR) is 57.0 cm³/mol. The van der Waals surface area contributed by atoms with E-state index in [4.69, 9.17) is 5.73 Å². The van der Waals surface area contributed by atoms with Crippen molar-refractivity contribution in [1.29, 1.82) is 0 Å². The van der Waals surface area contributed by atoms with Crippen LogP contribution in [0.1, 0.15) is 11.1 Å². The van der Waals surface area contributed by atoms with Crippen molar-refractivity contribution in [1.82, 2.24) is 4.90 Å². The molecule has 0 atom stereocenters. The Labute approximate surface area is 97.0 Å². The number of carbonyl (C=O) groups excluding carboxylic acids is 1. The summed E-state index contributed by atoms with van der Waals surface area (Å²) < 4.78 is 37.3. The first-order chi connectivity index (χ1) is 7.84. The van der Waals surface area contributed by atoms with Gasteiger partial charge in [-0.1, -0.05) is 12.1 Å². The molecule has 1 rings (SSSR count). The number of nitrogens with zero attached hydrogens (tertiary/aromatic N) is 1. The van der Waals surface area contributed by atoms with Crippen molar-refractivity contribution >= 4 is 5.91 Å². The van der Waals surface area contributed by atoms with E-state index in [9.17, 15) is 18.0 Å². The fraction of sp³-hybridized carbons (Fsp3) is 0.364. The Balaban J connectivity index is 2.83.